The Morgan fingerprint density at radius 2 is 2.00 bits per heavy atom. The van der Waals surface area contributed by atoms with Gasteiger partial charge in [0.2, 0.25) is 12.2 Å². The van der Waals surface area contributed by atoms with Gasteiger partial charge in [-0.05, 0) is 41.8 Å². The zero-order valence-corrected chi connectivity index (χ0v) is 15.9. The molecule has 1 fully saturated rings. The first kappa shape index (κ1) is 17.2. The van der Waals surface area contributed by atoms with Crippen LogP contribution in [0.3, 0.4) is 0 Å². The zero-order chi connectivity index (χ0) is 19.1. The number of benzene rings is 2. The van der Waals surface area contributed by atoms with Crippen molar-refractivity contribution in [1.82, 2.24) is 9.88 Å². The lowest BCUT2D eigenvalue weighted by Crippen LogP contribution is -2.50. The van der Waals surface area contributed by atoms with Gasteiger partial charge in [-0.2, -0.15) is 0 Å². The maximum absolute atomic E-state index is 11.0. The number of hydrogen-bond acceptors (Lipinski definition) is 4. The molecule has 2 aliphatic heterocycles. The molecule has 0 atom stereocenters. The molecular formula is C23H22N2O3. The highest BCUT2D eigenvalue weighted by molar-refractivity contribution is 5.88. The molecule has 1 spiro atoms. The fourth-order valence-electron chi connectivity index (χ4n) is 4.22. The average Bonchev–Trinajstić information content (AvgIpc) is 2.75. The van der Waals surface area contributed by atoms with Crippen LogP contribution in [0.15, 0.2) is 48.7 Å². The molecule has 1 amide bonds. The van der Waals surface area contributed by atoms with E-state index < -0.39 is 5.79 Å². The maximum atomic E-state index is 11.0. The van der Waals surface area contributed by atoms with Crippen molar-refractivity contribution < 1.29 is 14.3 Å². The van der Waals surface area contributed by atoms with Crippen molar-refractivity contribution in [2.45, 2.75) is 32.2 Å². The Morgan fingerprint density at radius 3 is 2.82 bits per heavy atom. The Balaban J connectivity index is 1.45. The molecule has 0 saturated carbocycles. The topological polar surface area (TPSA) is 51.7 Å². The summed E-state index contributed by atoms with van der Waals surface area (Å²) in [4.78, 5) is 17.3. The Hall–Kier alpha value is -2.92. The number of hydrogen-bond donors (Lipinski definition) is 0. The molecular weight excluding hydrogens is 352 g/mol. The van der Waals surface area contributed by atoms with Gasteiger partial charge in [-0.3, -0.25) is 9.78 Å². The molecule has 5 rings (SSSR count). The van der Waals surface area contributed by atoms with E-state index in [0.717, 1.165) is 34.2 Å². The van der Waals surface area contributed by atoms with Gasteiger partial charge in [0.15, 0.2) is 0 Å². The molecule has 142 valence electrons. The first-order valence-electron chi connectivity index (χ1n) is 9.67. The third-order valence-corrected chi connectivity index (χ3v) is 5.89. The minimum Gasteiger partial charge on any atom is -0.462 e. The number of carbonyl (C=O) groups is 1. The van der Waals surface area contributed by atoms with Crippen LogP contribution in [0.4, 0.5) is 0 Å². The predicted octanol–water partition coefficient (Wildman–Crippen LogP) is 4.07. The molecule has 1 saturated heterocycles. The summed E-state index contributed by atoms with van der Waals surface area (Å²) in [5.74, 6) is 0.280. The second kappa shape index (κ2) is 6.60. The van der Waals surface area contributed by atoms with Crippen LogP contribution < -0.4 is 4.74 Å². The minimum absolute atomic E-state index is 0.523. The van der Waals surface area contributed by atoms with E-state index in [-0.39, 0.29) is 0 Å². The second-order valence-corrected chi connectivity index (χ2v) is 7.58. The van der Waals surface area contributed by atoms with Crippen LogP contribution in [0.2, 0.25) is 0 Å². The van der Waals surface area contributed by atoms with Crippen molar-refractivity contribution in [2.75, 3.05) is 13.1 Å². The van der Waals surface area contributed by atoms with Crippen LogP contribution in [0, 0.1) is 6.92 Å². The predicted molar refractivity (Wildman–Crippen MR) is 107 cm³/mol. The summed E-state index contributed by atoms with van der Waals surface area (Å²) in [6, 6.07) is 14.6. The summed E-state index contributed by atoms with van der Waals surface area (Å²) in [6.45, 7) is 3.97. The van der Waals surface area contributed by atoms with Gasteiger partial charge in [0.1, 0.15) is 5.75 Å². The molecule has 0 N–H and O–H groups in total. The van der Waals surface area contributed by atoms with Gasteiger partial charge < -0.3 is 14.4 Å². The third-order valence-electron chi connectivity index (χ3n) is 5.89. The first-order valence-corrected chi connectivity index (χ1v) is 9.67. The minimum atomic E-state index is -0.600. The molecule has 0 radical (unpaired) electrons. The molecule has 0 unspecified atom stereocenters. The summed E-state index contributed by atoms with van der Waals surface area (Å²) in [5.41, 5.74) is 5.58. The average molecular weight is 374 g/mol. The standard InChI is InChI=1S/C23H22N2O3/c1-16-20(6-4-17-3-2-10-24-22(16)17)18-5-7-21-19(13-18)14-27-23(28-21)8-11-25(15-26)12-9-23/h2-7,10,13,15H,8-9,11-12,14H2,1H3. The van der Waals surface area contributed by atoms with Gasteiger partial charge in [-0.1, -0.05) is 24.3 Å². The highest BCUT2D eigenvalue weighted by Crippen LogP contribution is 2.39. The Morgan fingerprint density at radius 1 is 1.14 bits per heavy atom. The van der Waals surface area contributed by atoms with Crippen molar-refractivity contribution >= 4 is 17.3 Å². The number of nitrogens with zero attached hydrogens (tertiary/aromatic N) is 2. The molecule has 0 aliphatic carbocycles. The molecule has 1 aromatic heterocycles. The van der Waals surface area contributed by atoms with Crippen LogP contribution in [-0.2, 0) is 16.1 Å². The molecule has 0 bridgehead atoms. The fourth-order valence-corrected chi connectivity index (χ4v) is 4.22. The van der Waals surface area contributed by atoms with Gasteiger partial charge in [0.25, 0.3) is 0 Å². The number of fused-ring (bicyclic) bond motifs is 2. The maximum Gasteiger partial charge on any atom is 0.214 e. The van der Waals surface area contributed by atoms with E-state index in [9.17, 15) is 4.79 Å². The van der Waals surface area contributed by atoms with E-state index in [1.165, 1.54) is 11.1 Å². The van der Waals surface area contributed by atoms with Crippen molar-refractivity contribution in [3.8, 4) is 16.9 Å². The summed E-state index contributed by atoms with van der Waals surface area (Å²) in [5, 5.41) is 1.15. The Bertz CT molecular complexity index is 1050. The lowest BCUT2D eigenvalue weighted by atomic mass is 9.95. The van der Waals surface area contributed by atoms with Crippen LogP contribution in [0.5, 0.6) is 5.75 Å². The lowest BCUT2D eigenvalue weighted by molar-refractivity contribution is -0.226. The molecule has 5 heteroatoms. The van der Waals surface area contributed by atoms with Crippen LogP contribution >= 0.6 is 0 Å². The number of piperidine rings is 1. The summed E-state index contributed by atoms with van der Waals surface area (Å²) < 4.78 is 12.4. The molecule has 5 nitrogen and oxygen atoms in total. The fraction of sp³-hybridized carbons (Fsp3) is 0.304. The number of carbonyl (C=O) groups excluding carboxylic acids is 1. The SMILES string of the molecule is Cc1c(-c2ccc3c(c2)COC2(CCN(C=O)CC2)O3)ccc2cccnc12. The monoisotopic (exact) mass is 374 g/mol. The highest BCUT2D eigenvalue weighted by atomic mass is 16.7. The van der Waals surface area contributed by atoms with Crippen LogP contribution in [0.25, 0.3) is 22.0 Å². The highest BCUT2D eigenvalue weighted by Gasteiger charge is 2.40. The zero-order valence-electron chi connectivity index (χ0n) is 15.9. The quantitative estimate of drug-likeness (QED) is 0.635. The van der Waals surface area contributed by atoms with E-state index in [0.29, 0.717) is 32.5 Å². The normalized spacial score (nSPS) is 18.0. The third kappa shape index (κ3) is 2.83. The largest absolute Gasteiger partial charge is 0.462 e. The summed E-state index contributed by atoms with van der Waals surface area (Å²) in [6.07, 6.45) is 4.13. The van der Waals surface area contributed by atoms with Crippen molar-refractivity contribution in [1.29, 1.82) is 0 Å². The Kier molecular flexibility index (Phi) is 4.05. The van der Waals surface area contributed by atoms with E-state index in [2.05, 4.69) is 42.2 Å². The molecule has 3 heterocycles. The number of amides is 1. The Labute approximate surface area is 163 Å². The van der Waals surface area contributed by atoms with Crippen molar-refractivity contribution in [2.24, 2.45) is 0 Å². The van der Waals surface area contributed by atoms with Crippen LogP contribution in [-0.4, -0.2) is 35.2 Å². The van der Waals surface area contributed by atoms with Gasteiger partial charge in [0.05, 0.1) is 12.1 Å². The molecule has 2 aliphatic rings. The molecule has 3 aromatic rings. The van der Waals surface area contributed by atoms with E-state index in [4.69, 9.17) is 9.47 Å². The van der Waals surface area contributed by atoms with Crippen LogP contribution in [0.1, 0.15) is 24.0 Å². The second-order valence-electron chi connectivity index (χ2n) is 7.58. The van der Waals surface area contributed by atoms with Gasteiger partial charge in [-0.25, -0.2) is 0 Å². The van der Waals surface area contributed by atoms with Gasteiger partial charge >= 0.3 is 0 Å². The van der Waals surface area contributed by atoms with Crippen molar-refractivity contribution in [3.05, 3.63) is 59.8 Å². The molecule has 28 heavy (non-hydrogen) atoms. The van der Waals surface area contributed by atoms with E-state index >= 15 is 0 Å². The summed E-state index contributed by atoms with van der Waals surface area (Å²) >= 11 is 0. The number of ether oxygens (including phenoxy) is 2. The number of likely N-dealkylation sites (tertiary alicyclic amines) is 1. The smallest absolute Gasteiger partial charge is 0.214 e. The van der Waals surface area contributed by atoms with E-state index in [1.54, 1.807) is 4.90 Å². The number of rotatable bonds is 2. The summed E-state index contributed by atoms with van der Waals surface area (Å²) in [7, 11) is 0. The number of aryl methyl sites for hydroxylation is 1. The van der Waals surface area contributed by atoms with E-state index in [1.807, 2.05) is 18.3 Å². The molecule has 2 aromatic carbocycles. The number of aromatic nitrogens is 1. The lowest BCUT2D eigenvalue weighted by Gasteiger charge is -2.43. The van der Waals surface area contributed by atoms with Gasteiger partial charge in [-0.15, -0.1) is 0 Å². The number of pyridine rings is 1. The van der Waals surface area contributed by atoms with Gasteiger partial charge in [0, 0.05) is 43.1 Å². The first-order chi connectivity index (χ1) is 13.7. The van der Waals surface area contributed by atoms with Crippen molar-refractivity contribution in [3.63, 3.8) is 0 Å².